The van der Waals surface area contributed by atoms with Gasteiger partial charge >= 0.3 is 5.97 Å². The van der Waals surface area contributed by atoms with Gasteiger partial charge in [0, 0.05) is 18.9 Å². The van der Waals surface area contributed by atoms with Gasteiger partial charge in [-0.05, 0) is 57.3 Å². The topological polar surface area (TPSA) is 61.8 Å². The third kappa shape index (κ3) is 13.2. The van der Waals surface area contributed by atoms with E-state index in [0.717, 1.165) is 29.6 Å². The highest BCUT2D eigenvalue weighted by atomic mass is 28.4. The zero-order valence-electron chi connectivity index (χ0n) is 24.1. The molecule has 3 atom stereocenters. The number of hydrogen-bond acceptors (Lipinski definition) is 5. The number of rotatable bonds is 14. The van der Waals surface area contributed by atoms with Crippen molar-refractivity contribution in [2.24, 2.45) is 0 Å². The van der Waals surface area contributed by atoms with Crippen LogP contribution < -0.4 is 0 Å². The first-order chi connectivity index (χ1) is 17.1. The van der Waals surface area contributed by atoms with Gasteiger partial charge in [-0.25, -0.2) is 4.79 Å². The molecule has 0 unspecified atom stereocenters. The van der Waals surface area contributed by atoms with Crippen molar-refractivity contribution in [1.82, 2.24) is 0 Å². The summed E-state index contributed by atoms with van der Waals surface area (Å²) in [5.41, 5.74) is 2.94. The van der Waals surface area contributed by atoms with E-state index in [0.29, 0.717) is 19.4 Å². The molecule has 5 nitrogen and oxygen atoms in total. The second-order valence-electron chi connectivity index (χ2n) is 11.6. The summed E-state index contributed by atoms with van der Waals surface area (Å²) < 4.78 is 17.8. The molecule has 206 valence electrons. The van der Waals surface area contributed by atoms with Crippen LogP contribution in [0.4, 0.5) is 0 Å². The normalized spacial score (nSPS) is 20.3. The molecule has 0 amide bonds. The van der Waals surface area contributed by atoms with Crippen molar-refractivity contribution in [3.63, 3.8) is 0 Å². The molecule has 1 heterocycles. The van der Waals surface area contributed by atoms with Crippen molar-refractivity contribution in [3.05, 3.63) is 72.9 Å². The summed E-state index contributed by atoms with van der Waals surface area (Å²) in [7, 11) is -1.95. The van der Waals surface area contributed by atoms with Crippen LogP contribution in [0.1, 0.15) is 66.7 Å². The molecule has 0 saturated carbocycles. The molecule has 1 aliphatic heterocycles. The first kappa shape index (κ1) is 32.7. The van der Waals surface area contributed by atoms with Gasteiger partial charge in [-0.2, -0.15) is 0 Å². The highest BCUT2D eigenvalue weighted by Gasteiger charge is 2.37. The van der Waals surface area contributed by atoms with Crippen LogP contribution in [0.25, 0.3) is 0 Å². The summed E-state index contributed by atoms with van der Waals surface area (Å²) in [4.78, 5) is 24.7. The molecule has 0 aromatic carbocycles. The second kappa shape index (κ2) is 15.2. The Kier molecular flexibility index (Phi) is 13.5. The van der Waals surface area contributed by atoms with Crippen LogP contribution in [0.5, 0.6) is 0 Å². The molecule has 0 aliphatic carbocycles. The van der Waals surface area contributed by atoms with Gasteiger partial charge in [0.05, 0.1) is 18.8 Å². The molecule has 1 aliphatic rings. The van der Waals surface area contributed by atoms with Gasteiger partial charge in [-0.1, -0.05) is 68.4 Å². The molecular weight excluding hydrogens is 480 g/mol. The first-order valence-corrected chi connectivity index (χ1v) is 16.0. The van der Waals surface area contributed by atoms with Crippen molar-refractivity contribution in [3.8, 4) is 0 Å². The largest absolute Gasteiger partial charge is 0.456 e. The minimum Gasteiger partial charge on any atom is -0.456 e. The molecule has 0 aromatic heterocycles. The zero-order valence-corrected chi connectivity index (χ0v) is 25.1. The molecule has 0 spiro atoms. The number of carbonyl (C=O) groups excluding carboxylic acids is 2. The molecular formula is C31H48O5Si. The number of ether oxygens (including phenoxy) is 2. The summed E-state index contributed by atoms with van der Waals surface area (Å²) in [6.07, 6.45) is 12.8. The van der Waals surface area contributed by atoms with Crippen LogP contribution in [-0.2, 0) is 23.5 Å². The van der Waals surface area contributed by atoms with E-state index in [1.165, 1.54) is 6.08 Å². The monoisotopic (exact) mass is 528 g/mol. The Morgan fingerprint density at radius 2 is 1.86 bits per heavy atom. The Bertz CT molecular complexity index is 916. The van der Waals surface area contributed by atoms with Gasteiger partial charge in [0.2, 0.25) is 0 Å². The van der Waals surface area contributed by atoms with Crippen molar-refractivity contribution < 1.29 is 23.5 Å². The zero-order chi connectivity index (χ0) is 28.2. The van der Waals surface area contributed by atoms with E-state index in [9.17, 15) is 9.59 Å². The average molecular weight is 529 g/mol. The maximum absolute atomic E-state index is 12.4. The fraction of sp³-hybridized carbons (Fsp3) is 0.548. The molecule has 6 heteroatoms. The minimum absolute atomic E-state index is 0.000194. The van der Waals surface area contributed by atoms with E-state index < -0.39 is 14.3 Å². The predicted octanol–water partition coefficient (Wildman–Crippen LogP) is 7.58. The maximum Gasteiger partial charge on any atom is 0.331 e. The lowest BCUT2D eigenvalue weighted by Gasteiger charge is -2.37. The van der Waals surface area contributed by atoms with E-state index in [-0.39, 0.29) is 35.6 Å². The smallest absolute Gasteiger partial charge is 0.331 e. The Morgan fingerprint density at radius 1 is 1.19 bits per heavy atom. The van der Waals surface area contributed by atoms with Crippen LogP contribution in [0, 0.1) is 0 Å². The Labute approximate surface area is 226 Å². The molecule has 1 saturated heterocycles. The van der Waals surface area contributed by atoms with Crippen LogP contribution in [0.15, 0.2) is 72.9 Å². The third-order valence-corrected chi connectivity index (χ3v) is 11.2. The van der Waals surface area contributed by atoms with Gasteiger partial charge in [-0.3, -0.25) is 4.79 Å². The van der Waals surface area contributed by atoms with Gasteiger partial charge in [0.25, 0.3) is 0 Å². The van der Waals surface area contributed by atoms with Gasteiger partial charge in [0.15, 0.2) is 14.1 Å². The van der Waals surface area contributed by atoms with Crippen LogP contribution in [0.2, 0.25) is 18.1 Å². The highest BCUT2D eigenvalue weighted by molar-refractivity contribution is 6.74. The maximum atomic E-state index is 12.4. The number of ketones is 1. The number of esters is 1. The van der Waals surface area contributed by atoms with Crippen LogP contribution >= 0.6 is 0 Å². The van der Waals surface area contributed by atoms with Gasteiger partial charge in [-0.15, -0.1) is 13.2 Å². The summed E-state index contributed by atoms with van der Waals surface area (Å²) >= 11 is 0. The molecule has 0 bridgehead atoms. The Balaban J connectivity index is 2.56. The van der Waals surface area contributed by atoms with Crippen LogP contribution in [0.3, 0.4) is 0 Å². The third-order valence-electron chi connectivity index (χ3n) is 6.70. The van der Waals surface area contributed by atoms with Gasteiger partial charge < -0.3 is 13.9 Å². The fourth-order valence-corrected chi connectivity index (χ4v) is 4.63. The quantitative estimate of drug-likeness (QED) is 0.0764. The van der Waals surface area contributed by atoms with Crippen LogP contribution in [-0.4, -0.2) is 45.0 Å². The highest BCUT2D eigenvalue weighted by Crippen LogP contribution is 2.36. The molecule has 1 rings (SSSR count). The van der Waals surface area contributed by atoms with Crippen molar-refractivity contribution in [2.45, 2.75) is 103 Å². The van der Waals surface area contributed by atoms with E-state index in [1.54, 1.807) is 24.3 Å². The summed E-state index contributed by atoms with van der Waals surface area (Å²) in [6.45, 7) is 26.8. The average Bonchev–Trinajstić information content (AvgIpc) is 2.75. The van der Waals surface area contributed by atoms with Crippen molar-refractivity contribution in [1.29, 1.82) is 0 Å². The predicted molar refractivity (Wildman–Crippen MR) is 156 cm³/mol. The fourth-order valence-electron chi connectivity index (χ4n) is 3.59. The van der Waals surface area contributed by atoms with E-state index in [2.05, 4.69) is 53.6 Å². The number of allylic oxidation sites excluding steroid dienone is 4. The van der Waals surface area contributed by atoms with Crippen molar-refractivity contribution >= 4 is 20.1 Å². The summed E-state index contributed by atoms with van der Waals surface area (Å²) in [6, 6.07) is 0. The molecule has 0 radical (unpaired) electrons. The lowest BCUT2D eigenvalue weighted by molar-refractivity contribution is -0.144. The number of carbonyl (C=O) groups is 2. The van der Waals surface area contributed by atoms with E-state index in [1.807, 2.05) is 19.9 Å². The first-order valence-electron chi connectivity index (χ1n) is 13.1. The molecule has 0 aromatic rings. The van der Waals surface area contributed by atoms with Gasteiger partial charge in [0.1, 0.15) is 6.10 Å². The lowest BCUT2D eigenvalue weighted by atomic mass is 9.97. The van der Waals surface area contributed by atoms with E-state index in [4.69, 9.17) is 13.9 Å². The van der Waals surface area contributed by atoms with Crippen molar-refractivity contribution in [2.75, 3.05) is 6.61 Å². The summed E-state index contributed by atoms with van der Waals surface area (Å²) in [5, 5.41) is 0.0764. The molecule has 1 fully saturated rings. The minimum atomic E-state index is -1.95. The van der Waals surface area contributed by atoms with E-state index >= 15 is 0 Å². The Morgan fingerprint density at radius 3 is 2.46 bits per heavy atom. The summed E-state index contributed by atoms with van der Waals surface area (Å²) in [5.74, 6) is -0.434. The lowest BCUT2D eigenvalue weighted by Crippen LogP contribution is -2.43. The Hall–Kier alpha value is -2.28. The molecule has 0 N–H and O–H groups in total. The standard InChI is InChI=1S/C31H48O5Si/c1-11-27-20-25(5)21-28(35-27)16-13-15-26(32)19-24(4)14-12-17-30(33)36-29(18-23(2)3)22-34-37(9,10)31(6,7)8/h11-15,17,27-29H,1-2,5,16,18-22H2,3-4,6-10H3/b15-13+,17-12+,24-14-/t27-,28+,29-/m1/s1. The second-order valence-corrected chi connectivity index (χ2v) is 16.4. The number of hydrogen-bond donors (Lipinski definition) is 0. The SMILES string of the molecule is C=C[C@@H]1CC(=C)C[C@H](C/C=C/C(=O)C/C(C)=C\C=C\C(=O)O[C@@H](CO[Si](C)(C)C(C)(C)C)CC(=C)C)O1. The molecule has 37 heavy (non-hydrogen) atoms.